The van der Waals surface area contributed by atoms with Crippen LogP contribution in [0.25, 0.3) is 16.6 Å². The maximum Gasteiger partial charge on any atom is 0.417 e. The zero-order valence-electron chi connectivity index (χ0n) is 21.6. The number of carbonyl (C=O) groups is 1. The zero-order chi connectivity index (χ0) is 28.2. The number of hydrogen-bond acceptors (Lipinski definition) is 7. The van der Waals surface area contributed by atoms with Gasteiger partial charge < -0.3 is 20.3 Å². The average Bonchev–Trinajstić information content (AvgIpc) is 2.78. The lowest BCUT2D eigenvalue weighted by Gasteiger charge is -2.41. The second-order valence-corrected chi connectivity index (χ2v) is 10.2. The second kappa shape index (κ2) is 9.44. The number of nitrogens with zero attached hydrogens (tertiary/aromatic N) is 5. The van der Waals surface area contributed by atoms with Crippen molar-refractivity contribution in [1.29, 1.82) is 0 Å². The molecule has 0 aliphatic carbocycles. The third-order valence-electron chi connectivity index (χ3n) is 6.08. The zero-order valence-corrected chi connectivity index (χ0v) is 21.6. The maximum atomic E-state index is 14.7. The first-order valence-corrected chi connectivity index (χ1v) is 11.9. The first-order chi connectivity index (χ1) is 17.6. The molecular formula is C25H28F4N6O3. The standard InChI is InChI=1S/C25H28F4N6O3/c1-13-12-33(23(37)38-24(3,4)5)9-10-34(13)21-18-11-15(25(27,28)29)19(20-16(26)7-6-8-17(20)30)22(36)35(18)32-14(2)31-21/h6-8,11,13H,9-10,12,30H2,1-5H3/t13-/m0/s1. The lowest BCUT2D eigenvalue weighted by Crippen LogP contribution is -2.55. The van der Waals surface area contributed by atoms with E-state index in [0.29, 0.717) is 0 Å². The third-order valence-corrected chi connectivity index (χ3v) is 6.08. The smallest absolute Gasteiger partial charge is 0.417 e. The summed E-state index contributed by atoms with van der Waals surface area (Å²) in [7, 11) is 0. The number of nitrogens with two attached hydrogens (primary N) is 1. The summed E-state index contributed by atoms with van der Waals surface area (Å²) in [5, 5.41) is 4.06. The number of hydrogen-bond donors (Lipinski definition) is 1. The summed E-state index contributed by atoms with van der Waals surface area (Å²) in [5.74, 6) is -0.862. The van der Waals surface area contributed by atoms with Crippen LogP contribution in [0, 0.1) is 12.7 Å². The molecular weight excluding hydrogens is 508 g/mol. The molecule has 1 fully saturated rings. The van der Waals surface area contributed by atoms with Gasteiger partial charge in [0.1, 0.15) is 22.8 Å². The van der Waals surface area contributed by atoms with Gasteiger partial charge in [0, 0.05) is 36.9 Å². The molecule has 2 aromatic heterocycles. The largest absolute Gasteiger partial charge is 0.444 e. The van der Waals surface area contributed by atoms with Gasteiger partial charge in [-0.15, -0.1) is 5.10 Å². The average molecular weight is 537 g/mol. The molecule has 1 atom stereocenters. The van der Waals surface area contributed by atoms with Crippen LogP contribution in [-0.4, -0.2) is 56.9 Å². The SMILES string of the molecule is Cc1nc(N2CCN(C(=O)OC(C)(C)C)C[C@@H]2C)c2cc(C(F)(F)F)c(-c3c(N)cccc3F)c(=O)n2n1. The Kier molecular flexibility index (Phi) is 6.74. The van der Waals surface area contributed by atoms with Crippen LogP contribution >= 0.6 is 0 Å². The summed E-state index contributed by atoms with van der Waals surface area (Å²) in [5.41, 5.74) is 0.492. The molecule has 1 aliphatic rings. The van der Waals surface area contributed by atoms with Gasteiger partial charge in [0.05, 0.1) is 11.1 Å². The molecule has 3 aromatic rings. The molecule has 4 rings (SSSR count). The molecule has 0 radical (unpaired) electrons. The molecule has 2 N–H and O–H groups in total. The van der Waals surface area contributed by atoms with E-state index in [-0.39, 0.29) is 48.5 Å². The molecule has 0 bridgehead atoms. The van der Waals surface area contributed by atoms with Gasteiger partial charge in [-0.05, 0) is 52.8 Å². The fourth-order valence-corrected chi connectivity index (χ4v) is 4.48. The first kappa shape index (κ1) is 27.1. The molecule has 1 amide bonds. The first-order valence-electron chi connectivity index (χ1n) is 11.9. The predicted octanol–water partition coefficient (Wildman–Crippen LogP) is 4.25. The van der Waals surface area contributed by atoms with Gasteiger partial charge in [-0.3, -0.25) is 4.79 Å². The summed E-state index contributed by atoms with van der Waals surface area (Å²) < 4.78 is 63.8. The van der Waals surface area contributed by atoms with Gasteiger partial charge in [-0.25, -0.2) is 14.2 Å². The number of alkyl halides is 3. The van der Waals surface area contributed by atoms with E-state index in [2.05, 4.69) is 10.1 Å². The molecule has 0 saturated carbocycles. The van der Waals surface area contributed by atoms with Crippen molar-refractivity contribution in [2.24, 2.45) is 0 Å². The minimum absolute atomic E-state index is 0.0875. The Morgan fingerprint density at radius 1 is 1.16 bits per heavy atom. The van der Waals surface area contributed by atoms with Gasteiger partial charge in [-0.2, -0.15) is 17.7 Å². The number of aryl methyl sites for hydroxylation is 1. The highest BCUT2D eigenvalue weighted by Gasteiger charge is 2.39. The van der Waals surface area contributed by atoms with Crippen LogP contribution in [0.3, 0.4) is 0 Å². The number of rotatable bonds is 2. The molecule has 0 unspecified atom stereocenters. The molecule has 38 heavy (non-hydrogen) atoms. The summed E-state index contributed by atoms with van der Waals surface area (Å²) >= 11 is 0. The molecule has 204 valence electrons. The number of carbonyl (C=O) groups excluding carboxylic acids is 1. The van der Waals surface area contributed by atoms with Gasteiger partial charge in [0.15, 0.2) is 5.82 Å². The monoisotopic (exact) mass is 536 g/mol. The molecule has 9 nitrogen and oxygen atoms in total. The molecule has 1 aliphatic heterocycles. The van der Waals surface area contributed by atoms with Crippen molar-refractivity contribution in [2.45, 2.75) is 52.4 Å². The Hall–Kier alpha value is -3.90. The number of piperazine rings is 1. The van der Waals surface area contributed by atoms with Crippen molar-refractivity contribution < 1.29 is 27.1 Å². The van der Waals surface area contributed by atoms with E-state index < -0.39 is 45.9 Å². The fourth-order valence-electron chi connectivity index (χ4n) is 4.48. The molecule has 1 aromatic carbocycles. The Balaban J connectivity index is 1.87. The number of benzene rings is 1. The Labute approximate surface area is 215 Å². The number of aromatic nitrogens is 3. The number of amides is 1. The van der Waals surface area contributed by atoms with Crippen molar-refractivity contribution in [3.63, 3.8) is 0 Å². The quantitative estimate of drug-likeness (QED) is 0.386. The van der Waals surface area contributed by atoms with Crippen molar-refractivity contribution >= 4 is 23.1 Å². The van der Waals surface area contributed by atoms with E-state index >= 15 is 0 Å². The summed E-state index contributed by atoms with van der Waals surface area (Å²) in [6, 6.07) is 3.74. The van der Waals surface area contributed by atoms with E-state index in [4.69, 9.17) is 10.5 Å². The topological polar surface area (TPSA) is 106 Å². The number of anilines is 2. The van der Waals surface area contributed by atoms with Crippen LogP contribution in [0.2, 0.25) is 0 Å². The van der Waals surface area contributed by atoms with Gasteiger partial charge >= 0.3 is 12.3 Å². The number of halogens is 4. The van der Waals surface area contributed by atoms with Crippen LogP contribution in [0.5, 0.6) is 0 Å². The minimum Gasteiger partial charge on any atom is -0.444 e. The van der Waals surface area contributed by atoms with Crippen molar-refractivity contribution in [1.82, 2.24) is 19.5 Å². The lowest BCUT2D eigenvalue weighted by atomic mass is 9.98. The molecule has 0 spiro atoms. The molecule has 13 heteroatoms. The number of nitrogen functional groups attached to an aromatic ring is 1. The number of fused-ring (bicyclic) bond motifs is 1. The minimum atomic E-state index is -5.01. The molecule has 3 heterocycles. The van der Waals surface area contributed by atoms with Crippen molar-refractivity contribution in [3.8, 4) is 11.1 Å². The van der Waals surface area contributed by atoms with Crippen LogP contribution in [0.4, 0.5) is 33.9 Å². The number of ether oxygens (including phenoxy) is 1. The highest BCUT2D eigenvalue weighted by atomic mass is 19.4. The highest BCUT2D eigenvalue weighted by molar-refractivity contribution is 5.82. The molecule has 1 saturated heterocycles. The maximum absolute atomic E-state index is 14.7. The van der Waals surface area contributed by atoms with Gasteiger partial charge in [0.25, 0.3) is 5.56 Å². The third kappa shape index (κ3) is 5.09. The predicted molar refractivity (Wildman–Crippen MR) is 133 cm³/mol. The fraction of sp³-hybridized carbons (Fsp3) is 0.440. The van der Waals surface area contributed by atoms with E-state index in [1.807, 2.05) is 0 Å². The Morgan fingerprint density at radius 2 is 1.84 bits per heavy atom. The van der Waals surface area contributed by atoms with Crippen molar-refractivity contribution in [2.75, 3.05) is 30.3 Å². The van der Waals surface area contributed by atoms with Crippen LogP contribution in [0.1, 0.15) is 39.1 Å². The Bertz CT molecular complexity index is 1440. The van der Waals surface area contributed by atoms with E-state index in [9.17, 15) is 27.2 Å². The van der Waals surface area contributed by atoms with E-state index in [1.165, 1.54) is 24.0 Å². The summed E-state index contributed by atoms with van der Waals surface area (Å²) in [4.78, 5) is 33.6. The van der Waals surface area contributed by atoms with E-state index in [0.717, 1.165) is 16.6 Å². The second-order valence-electron chi connectivity index (χ2n) is 10.2. The lowest BCUT2D eigenvalue weighted by molar-refractivity contribution is -0.137. The summed E-state index contributed by atoms with van der Waals surface area (Å²) in [6.07, 6.45) is -5.52. The highest BCUT2D eigenvalue weighted by Crippen LogP contribution is 2.40. The van der Waals surface area contributed by atoms with Crippen molar-refractivity contribution in [3.05, 3.63) is 51.8 Å². The van der Waals surface area contributed by atoms with E-state index in [1.54, 1.807) is 32.6 Å². The van der Waals surface area contributed by atoms with Crippen LogP contribution in [0.15, 0.2) is 29.1 Å². The van der Waals surface area contributed by atoms with Crippen LogP contribution < -0.4 is 16.2 Å². The van der Waals surface area contributed by atoms with Crippen LogP contribution in [-0.2, 0) is 10.9 Å². The number of pyridine rings is 1. The van der Waals surface area contributed by atoms with Gasteiger partial charge in [-0.1, -0.05) is 6.07 Å². The summed E-state index contributed by atoms with van der Waals surface area (Å²) in [6.45, 7) is 9.16. The Morgan fingerprint density at radius 3 is 2.42 bits per heavy atom. The van der Waals surface area contributed by atoms with Gasteiger partial charge in [0.2, 0.25) is 0 Å². The normalized spacial score (nSPS) is 16.7.